The van der Waals surface area contributed by atoms with Crippen molar-refractivity contribution in [1.29, 1.82) is 0 Å². The zero-order valence-corrected chi connectivity index (χ0v) is 20.4. The van der Waals surface area contributed by atoms with Gasteiger partial charge in [0, 0.05) is 36.3 Å². The molecule has 2 unspecified atom stereocenters. The van der Waals surface area contributed by atoms with Crippen LogP contribution in [-0.4, -0.2) is 67.8 Å². The third kappa shape index (κ3) is 4.47. The van der Waals surface area contributed by atoms with Crippen LogP contribution < -0.4 is 10.1 Å². The van der Waals surface area contributed by atoms with Crippen molar-refractivity contribution in [3.63, 3.8) is 0 Å². The van der Waals surface area contributed by atoms with E-state index in [1.165, 1.54) is 11.0 Å². The molecule has 4 heterocycles. The Morgan fingerprint density at radius 1 is 1.05 bits per heavy atom. The molecule has 4 aromatic rings. The highest BCUT2D eigenvalue weighted by atomic mass is 19.3. The molecule has 2 atom stereocenters. The van der Waals surface area contributed by atoms with Gasteiger partial charge < -0.3 is 25.2 Å². The van der Waals surface area contributed by atoms with Crippen molar-refractivity contribution in [3.8, 4) is 17.0 Å². The number of rotatable bonds is 6. The van der Waals surface area contributed by atoms with Gasteiger partial charge in [-0.1, -0.05) is 30.3 Å². The summed E-state index contributed by atoms with van der Waals surface area (Å²) in [5, 5.41) is 27.6. The van der Waals surface area contributed by atoms with E-state index in [1.807, 2.05) is 0 Å². The van der Waals surface area contributed by atoms with Crippen LogP contribution >= 0.6 is 0 Å². The minimum Gasteiger partial charge on any atom is -0.481 e. The first-order chi connectivity index (χ1) is 18.8. The van der Waals surface area contributed by atoms with Crippen molar-refractivity contribution < 1.29 is 33.3 Å². The van der Waals surface area contributed by atoms with E-state index in [1.54, 1.807) is 59.1 Å². The van der Waals surface area contributed by atoms with E-state index < -0.39 is 30.6 Å². The average molecular weight is 536 g/mol. The monoisotopic (exact) mass is 535 g/mol. The van der Waals surface area contributed by atoms with Gasteiger partial charge in [0.2, 0.25) is 0 Å². The van der Waals surface area contributed by atoms with E-state index in [0.717, 1.165) is 0 Å². The molecule has 12 heteroatoms. The topological polar surface area (TPSA) is 129 Å². The minimum atomic E-state index is -3.00. The normalized spacial score (nSPS) is 19.1. The van der Waals surface area contributed by atoms with Gasteiger partial charge in [-0.05, 0) is 30.3 Å². The SMILES string of the molecule is O=C(O)C1CN(C(=O)c2ccc(-c3ccc4nc5c(n4n3)C(c3ccccc3OC(F)F)NCC5O)cc2)C1. The molecule has 39 heavy (non-hydrogen) atoms. The maximum Gasteiger partial charge on any atom is 0.387 e. The summed E-state index contributed by atoms with van der Waals surface area (Å²) in [7, 11) is 0. The number of aliphatic hydroxyl groups excluding tert-OH is 1. The quantitative estimate of drug-likeness (QED) is 0.344. The summed E-state index contributed by atoms with van der Waals surface area (Å²) in [6.45, 7) is -2.46. The number of aliphatic carboxylic acids is 1. The maximum atomic E-state index is 13.1. The number of aliphatic hydroxyl groups is 1. The number of halogens is 2. The molecule has 2 aromatic carbocycles. The molecular formula is C27H23F2N5O5. The predicted molar refractivity (Wildman–Crippen MR) is 133 cm³/mol. The summed E-state index contributed by atoms with van der Waals surface area (Å²) in [4.78, 5) is 29.7. The van der Waals surface area contributed by atoms with Crippen LogP contribution in [0.25, 0.3) is 16.9 Å². The fourth-order valence-corrected chi connectivity index (χ4v) is 5.01. The largest absolute Gasteiger partial charge is 0.481 e. The Kier molecular flexibility index (Phi) is 6.20. The van der Waals surface area contributed by atoms with Crippen molar-refractivity contribution in [2.24, 2.45) is 5.92 Å². The van der Waals surface area contributed by atoms with E-state index in [-0.39, 0.29) is 31.3 Å². The Hall–Kier alpha value is -4.42. The fraction of sp³-hybridized carbons (Fsp3) is 0.259. The van der Waals surface area contributed by atoms with Crippen LogP contribution in [0.5, 0.6) is 5.75 Å². The number of carboxylic acid groups (broad SMARTS) is 1. The average Bonchev–Trinajstić information content (AvgIpc) is 3.28. The maximum absolute atomic E-state index is 13.1. The van der Waals surface area contributed by atoms with Gasteiger partial charge >= 0.3 is 12.6 Å². The first-order valence-electron chi connectivity index (χ1n) is 12.3. The number of para-hydroxylation sites is 1. The lowest BCUT2D eigenvalue weighted by atomic mass is 9.96. The van der Waals surface area contributed by atoms with Crippen molar-refractivity contribution in [1.82, 2.24) is 24.8 Å². The zero-order valence-electron chi connectivity index (χ0n) is 20.4. The van der Waals surface area contributed by atoms with Crippen LogP contribution in [0.1, 0.15) is 39.5 Å². The minimum absolute atomic E-state index is 0.00979. The van der Waals surface area contributed by atoms with E-state index in [9.17, 15) is 23.5 Å². The van der Waals surface area contributed by atoms with Gasteiger partial charge in [-0.3, -0.25) is 9.59 Å². The summed E-state index contributed by atoms with van der Waals surface area (Å²) in [6.07, 6.45) is -0.919. The Labute approximate surface area is 220 Å². The summed E-state index contributed by atoms with van der Waals surface area (Å²) in [6, 6.07) is 16.1. The summed E-state index contributed by atoms with van der Waals surface area (Å²) in [5.41, 5.74) is 3.55. The van der Waals surface area contributed by atoms with Gasteiger partial charge in [0.25, 0.3) is 5.91 Å². The molecule has 200 valence electrons. The number of nitrogens with one attached hydrogen (secondary N) is 1. The van der Waals surface area contributed by atoms with Crippen molar-refractivity contribution in [3.05, 3.63) is 83.2 Å². The molecule has 0 radical (unpaired) electrons. The predicted octanol–water partition coefficient (Wildman–Crippen LogP) is 2.88. The molecule has 0 aliphatic carbocycles. The molecule has 3 N–H and O–H groups in total. The standard InChI is InChI=1S/C27H23F2N5O5/c28-27(29)39-20-4-2-1-3-17(20)22-24-23(19(35)11-30-22)31-21-10-9-18(32-34(21)24)14-5-7-15(8-6-14)25(36)33-12-16(13-33)26(37)38/h1-10,16,19,22,27,30,35H,11-13H2,(H,37,38). The molecule has 0 spiro atoms. The van der Waals surface area contributed by atoms with Gasteiger partial charge in [-0.2, -0.15) is 13.9 Å². The lowest BCUT2D eigenvalue weighted by Gasteiger charge is -2.36. The van der Waals surface area contributed by atoms with Gasteiger partial charge in [0.1, 0.15) is 11.9 Å². The molecule has 0 saturated carbocycles. The van der Waals surface area contributed by atoms with Gasteiger partial charge in [-0.25, -0.2) is 9.50 Å². The number of ether oxygens (including phenoxy) is 1. The Bertz CT molecular complexity index is 1570. The molecule has 1 fully saturated rings. The number of imidazole rings is 1. The van der Waals surface area contributed by atoms with Crippen molar-refractivity contribution >= 4 is 17.5 Å². The number of nitrogens with zero attached hydrogens (tertiary/aromatic N) is 4. The molecular weight excluding hydrogens is 512 g/mol. The van der Waals surface area contributed by atoms with Crippen molar-refractivity contribution in [2.75, 3.05) is 19.6 Å². The van der Waals surface area contributed by atoms with E-state index in [0.29, 0.717) is 39.4 Å². The van der Waals surface area contributed by atoms with Crippen LogP contribution in [0.3, 0.4) is 0 Å². The number of fused-ring (bicyclic) bond motifs is 3. The number of carboxylic acids is 1. The van der Waals surface area contributed by atoms with Gasteiger partial charge in [0.05, 0.1) is 29.0 Å². The van der Waals surface area contributed by atoms with Gasteiger partial charge in [0.15, 0.2) is 5.65 Å². The number of benzene rings is 2. The number of carbonyl (C=O) groups is 2. The number of β-amino-alcohol motifs (C(OH)–C–C–N with tert-alkyl or cyclic N) is 1. The second-order valence-electron chi connectivity index (χ2n) is 9.47. The first kappa shape index (κ1) is 24.9. The molecule has 2 aliphatic rings. The fourth-order valence-electron chi connectivity index (χ4n) is 5.01. The van der Waals surface area contributed by atoms with Crippen LogP contribution in [0.2, 0.25) is 0 Å². The Morgan fingerprint density at radius 3 is 2.51 bits per heavy atom. The number of aromatic nitrogens is 3. The van der Waals surface area contributed by atoms with Gasteiger partial charge in [-0.15, -0.1) is 0 Å². The number of likely N-dealkylation sites (tertiary alicyclic amines) is 1. The highest BCUT2D eigenvalue weighted by Gasteiger charge is 2.36. The summed E-state index contributed by atoms with van der Waals surface area (Å²) < 4.78 is 32.5. The third-order valence-electron chi connectivity index (χ3n) is 7.04. The number of hydrogen-bond donors (Lipinski definition) is 3. The Morgan fingerprint density at radius 2 is 1.79 bits per heavy atom. The summed E-state index contributed by atoms with van der Waals surface area (Å²) in [5.74, 6) is -1.67. The molecule has 0 bridgehead atoms. The number of alkyl halides is 2. The van der Waals surface area contributed by atoms with Crippen LogP contribution in [-0.2, 0) is 4.79 Å². The second-order valence-corrected chi connectivity index (χ2v) is 9.47. The lowest BCUT2D eigenvalue weighted by Crippen LogP contribution is -2.53. The third-order valence-corrected chi connectivity index (χ3v) is 7.04. The van der Waals surface area contributed by atoms with E-state index in [2.05, 4.69) is 10.3 Å². The highest BCUT2D eigenvalue weighted by molar-refractivity contribution is 5.96. The molecule has 1 saturated heterocycles. The number of hydrogen-bond acceptors (Lipinski definition) is 7. The highest BCUT2D eigenvalue weighted by Crippen LogP contribution is 2.37. The zero-order chi connectivity index (χ0) is 27.3. The summed E-state index contributed by atoms with van der Waals surface area (Å²) >= 11 is 0. The van der Waals surface area contributed by atoms with Crippen LogP contribution in [0.4, 0.5) is 8.78 Å². The van der Waals surface area contributed by atoms with Crippen LogP contribution in [0, 0.1) is 5.92 Å². The van der Waals surface area contributed by atoms with E-state index >= 15 is 0 Å². The first-order valence-corrected chi connectivity index (χ1v) is 12.3. The van der Waals surface area contributed by atoms with E-state index in [4.69, 9.17) is 14.9 Å². The van der Waals surface area contributed by atoms with Crippen molar-refractivity contribution in [2.45, 2.75) is 18.8 Å². The molecule has 6 rings (SSSR count). The smallest absolute Gasteiger partial charge is 0.387 e. The number of carbonyl (C=O) groups excluding carboxylic acids is 1. The second kappa shape index (κ2) is 9.71. The molecule has 10 nitrogen and oxygen atoms in total. The van der Waals surface area contributed by atoms with Crippen LogP contribution in [0.15, 0.2) is 60.7 Å². The molecule has 2 aliphatic heterocycles. The Balaban J connectivity index is 1.34. The lowest BCUT2D eigenvalue weighted by molar-refractivity contribution is -0.146. The molecule has 2 aromatic heterocycles. The number of amides is 1. The molecule has 1 amide bonds.